The van der Waals surface area contributed by atoms with Crippen molar-refractivity contribution in [2.75, 3.05) is 7.11 Å². The number of methoxy groups -OCH3 is 1. The van der Waals surface area contributed by atoms with Gasteiger partial charge in [-0.25, -0.2) is 14.4 Å². The highest BCUT2D eigenvalue weighted by Crippen LogP contribution is 2.23. The molecule has 78 valence electrons. The van der Waals surface area contributed by atoms with E-state index in [0.717, 1.165) is 0 Å². The van der Waals surface area contributed by atoms with Crippen LogP contribution in [0.1, 0.15) is 25.3 Å². The lowest BCUT2D eigenvalue weighted by Gasteiger charge is -2.11. The Balaban J connectivity index is 3.11. The molecular formula is C8H9Cl2FN2O. The number of halogens is 3. The first kappa shape index (κ1) is 11.6. The van der Waals surface area contributed by atoms with Gasteiger partial charge in [0, 0.05) is 7.11 Å². The summed E-state index contributed by atoms with van der Waals surface area (Å²) in [5.74, 6) is -0.505. The second-order valence-corrected chi connectivity index (χ2v) is 3.33. The van der Waals surface area contributed by atoms with Crippen molar-refractivity contribution in [1.82, 2.24) is 9.97 Å². The van der Waals surface area contributed by atoms with E-state index in [1.807, 2.05) is 6.92 Å². The molecule has 0 aliphatic carbocycles. The van der Waals surface area contributed by atoms with Crippen LogP contribution >= 0.6 is 23.2 Å². The molecule has 3 nitrogen and oxygen atoms in total. The van der Waals surface area contributed by atoms with Crippen LogP contribution in [0.4, 0.5) is 4.39 Å². The fourth-order valence-corrected chi connectivity index (χ4v) is 1.41. The Morgan fingerprint density at radius 2 is 1.86 bits per heavy atom. The molecule has 0 aromatic carbocycles. The van der Waals surface area contributed by atoms with E-state index in [1.54, 1.807) is 0 Å². The lowest BCUT2D eigenvalue weighted by molar-refractivity contribution is 0.0924. The topological polar surface area (TPSA) is 35.0 Å². The lowest BCUT2D eigenvalue weighted by atomic mass is 10.2. The fraction of sp³-hybridized carbons (Fsp3) is 0.500. The van der Waals surface area contributed by atoms with Crippen LogP contribution in [0.3, 0.4) is 0 Å². The van der Waals surface area contributed by atoms with E-state index in [1.165, 1.54) is 7.11 Å². The molecule has 0 saturated carbocycles. The van der Waals surface area contributed by atoms with E-state index in [4.69, 9.17) is 27.9 Å². The van der Waals surface area contributed by atoms with Crippen LogP contribution < -0.4 is 0 Å². The van der Waals surface area contributed by atoms with E-state index >= 15 is 0 Å². The summed E-state index contributed by atoms with van der Waals surface area (Å²) in [5, 5.41) is -0.564. The monoisotopic (exact) mass is 238 g/mol. The Hall–Kier alpha value is -0.450. The van der Waals surface area contributed by atoms with Crippen molar-refractivity contribution in [3.63, 3.8) is 0 Å². The first-order chi connectivity index (χ1) is 6.60. The molecule has 0 aliphatic rings. The van der Waals surface area contributed by atoms with Crippen molar-refractivity contribution >= 4 is 23.2 Å². The van der Waals surface area contributed by atoms with Gasteiger partial charge >= 0.3 is 0 Å². The van der Waals surface area contributed by atoms with Gasteiger partial charge in [-0.3, -0.25) is 0 Å². The smallest absolute Gasteiger partial charge is 0.197 e. The maximum atomic E-state index is 13.0. The molecule has 1 aromatic heterocycles. The standard InChI is InChI=1S/C8H9Cl2FN2O/c1-3-4(14-2)8-12-6(9)5(11)7(10)13-8/h4H,3H2,1-2H3. The van der Waals surface area contributed by atoms with Crippen LogP contribution in [-0.2, 0) is 4.74 Å². The Kier molecular flexibility index (Phi) is 4.04. The Morgan fingerprint density at radius 1 is 1.36 bits per heavy atom. The zero-order valence-corrected chi connectivity index (χ0v) is 9.23. The summed E-state index contributed by atoms with van der Waals surface area (Å²) in [7, 11) is 1.52. The van der Waals surface area contributed by atoms with Gasteiger partial charge in [0.15, 0.2) is 21.9 Å². The third-order valence-corrected chi connectivity index (χ3v) is 2.23. The minimum absolute atomic E-state index is 0.282. The largest absolute Gasteiger partial charge is 0.373 e. The van der Waals surface area contributed by atoms with Crippen LogP contribution in [0, 0.1) is 5.82 Å². The predicted octanol–water partition coefficient (Wildman–Crippen LogP) is 3.02. The number of hydrogen-bond donors (Lipinski definition) is 0. The van der Waals surface area contributed by atoms with E-state index in [9.17, 15) is 4.39 Å². The van der Waals surface area contributed by atoms with Gasteiger partial charge in [0.25, 0.3) is 0 Å². The van der Waals surface area contributed by atoms with Gasteiger partial charge in [-0.15, -0.1) is 0 Å². The van der Waals surface area contributed by atoms with Crippen molar-refractivity contribution in [2.45, 2.75) is 19.4 Å². The highest BCUT2D eigenvalue weighted by molar-refractivity contribution is 6.33. The molecule has 0 amide bonds. The Bertz CT molecular complexity index is 308. The van der Waals surface area contributed by atoms with Crippen LogP contribution in [-0.4, -0.2) is 17.1 Å². The second-order valence-electron chi connectivity index (χ2n) is 2.61. The number of ether oxygens (including phenoxy) is 1. The van der Waals surface area contributed by atoms with E-state index < -0.39 is 5.82 Å². The average Bonchev–Trinajstić information content (AvgIpc) is 2.16. The number of nitrogens with zero attached hydrogens (tertiary/aromatic N) is 2. The summed E-state index contributed by atoms with van der Waals surface area (Å²) in [6, 6.07) is 0. The third kappa shape index (κ3) is 2.32. The summed E-state index contributed by atoms with van der Waals surface area (Å²) in [6.45, 7) is 1.89. The van der Waals surface area contributed by atoms with Crippen molar-refractivity contribution in [1.29, 1.82) is 0 Å². The summed E-state index contributed by atoms with van der Waals surface area (Å²) in [5.41, 5.74) is 0. The second kappa shape index (κ2) is 4.87. The van der Waals surface area contributed by atoms with E-state index in [0.29, 0.717) is 12.2 Å². The van der Waals surface area contributed by atoms with Gasteiger partial charge in [0.1, 0.15) is 6.10 Å². The quantitative estimate of drug-likeness (QED) is 0.760. The van der Waals surface area contributed by atoms with Gasteiger partial charge in [-0.2, -0.15) is 0 Å². The summed E-state index contributed by atoms with van der Waals surface area (Å²) in [4.78, 5) is 7.49. The minimum atomic E-state index is -0.803. The zero-order valence-electron chi connectivity index (χ0n) is 7.72. The van der Waals surface area contributed by atoms with Gasteiger partial charge < -0.3 is 4.74 Å². The molecule has 0 aliphatic heterocycles. The molecule has 0 spiro atoms. The predicted molar refractivity (Wildman–Crippen MR) is 52.1 cm³/mol. The molecule has 0 bridgehead atoms. The Morgan fingerprint density at radius 3 is 2.21 bits per heavy atom. The first-order valence-corrected chi connectivity index (χ1v) is 4.77. The highest BCUT2D eigenvalue weighted by Gasteiger charge is 2.17. The summed E-state index contributed by atoms with van der Waals surface area (Å²) >= 11 is 11.0. The summed E-state index contributed by atoms with van der Waals surface area (Å²) in [6.07, 6.45) is 0.347. The molecular weight excluding hydrogens is 230 g/mol. The summed E-state index contributed by atoms with van der Waals surface area (Å²) < 4.78 is 18.0. The normalized spacial score (nSPS) is 12.9. The lowest BCUT2D eigenvalue weighted by Crippen LogP contribution is -2.07. The van der Waals surface area contributed by atoms with Gasteiger partial charge in [-0.1, -0.05) is 30.1 Å². The number of hydrogen-bond acceptors (Lipinski definition) is 3. The molecule has 14 heavy (non-hydrogen) atoms. The molecule has 1 atom stereocenters. The van der Waals surface area contributed by atoms with Crippen molar-refractivity contribution in [2.24, 2.45) is 0 Å². The van der Waals surface area contributed by atoms with Crippen molar-refractivity contribution in [3.8, 4) is 0 Å². The molecule has 0 fully saturated rings. The molecule has 1 aromatic rings. The maximum absolute atomic E-state index is 13.0. The molecule has 1 heterocycles. The minimum Gasteiger partial charge on any atom is -0.373 e. The number of aromatic nitrogens is 2. The van der Waals surface area contributed by atoms with Gasteiger partial charge in [-0.05, 0) is 6.42 Å². The molecule has 0 N–H and O–H groups in total. The zero-order chi connectivity index (χ0) is 10.7. The van der Waals surface area contributed by atoms with E-state index in [2.05, 4.69) is 9.97 Å². The fourth-order valence-electron chi connectivity index (χ4n) is 1.01. The first-order valence-electron chi connectivity index (χ1n) is 4.01. The molecule has 0 saturated heterocycles. The van der Waals surface area contributed by atoms with Gasteiger partial charge in [0.05, 0.1) is 0 Å². The van der Waals surface area contributed by atoms with E-state index in [-0.39, 0.29) is 16.4 Å². The van der Waals surface area contributed by atoms with Crippen LogP contribution in [0.25, 0.3) is 0 Å². The molecule has 6 heteroatoms. The SMILES string of the molecule is CCC(OC)c1nc(Cl)c(F)c(Cl)n1. The van der Waals surface area contributed by atoms with Crippen LogP contribution in [0.5, 0.6) is 0 Å². The molecule has 1 unspecified atom stereocenters. The highest BCUT2D eigenvalue weighted by atomic mass is 35.5. The van der Waals surface area contributed by atoms with Crippen molar-refractivity contribution < 1.29 is 9.13 Å². The molecule has 1 rings (SSSR count). The molecule has 0 radical (unpaired) electrons. The van der Waals surface area contributed by atoms with Gasteiger partial charge in [0.2, 0.25) is 0 Å². The van der Waals surface area contributed by atoms with Crippen LogP contribution in [0.2, 0.25) is 10.3 Å². The maximum Gasteiger partial charge on any atom is 0.197 e. The third-order valence-electron chi connectivity index (χ3n) is 1.73. The van der Waals surface area contributed by atoms with Crippen LogP contribution in [0.15, 0.2) is 0 Å². The Labute approximate surface area is 91.2 Å². The van der Waals surface area contributed by atoms with Crippen molar-refractivity contribution in [3.05, 3.63) is 21.9 Å². The average molecular weight is 239 g/mol. The number of rotatable bonds is 3.